The van der Waals surface area contributed by atoms with Crippen molar-refractivity contribution in [3.8, 4) is 0 Å². The van der Waals surface area contributed by atoms with Gasteiger partial charge in [-0.25, -0.2) is 4.79 Å². The molecule has 2 bridgehead atoms. The first-order valence-corrected chi connectivity index (χ1v) is 9.27. The van der Waals surface area contributed by atoms with Crippen molar-refractivity contribution in [2.45, 2.75) is 56.4 Å². The summed E-state index contributed by atoms with van der Waals surface area (Å²) >= 11 is 0. The van der Waals surface area contributed by atoms with Crippen molar-refractivity contribution in [2.24, 2.45) is 7.05 Å². The third kappa shape index (κ3) is 3.21. The summed E-state index contributed by atoms with van der Waals surface area (Å²) in [7, 11) is 1.85. The summed E-state index contributed by atoms with van der Waals surface area (Å²) in [6.45, 7) is 0.278. The maximum atomic E-state index is 12.7. The van der Waals surface area contributed by atoms with Crippen molar-refractivity contribution in [1.29, 1.82) is 0 Å². The molecule has 1 N–H and O–H groups in total. The molecule has 3 heterocycles. The van der Waals surface area contributed by atoms with E-state index in [4.69, 9.17) is 4.74 Å². The van der Waals surface area contributed by atoms with E-state index in [1.807, 2.05) is 54.5 Å². The van der Waals surface area contributed by atoms with E-state index >= 15 is 0 Å². The number of hydrogen-bond donors (Lipinski definition) is 1. The maximum Gasteiger partial charge on any atom is 0.410 e. The standard InChI is InChI=1S/C20H25N3O3/c1-22-11-10-18(21-22)20(25)12-16-8-5-9-17(13-20)23(16)19(24)26-14-15-6-3-2-4-7-15/h2-4,6-7,10-11,16-17,25H,5,8-9,12-14H2,1H3. The van der Waals surface area contributed by atoms with E-state index in [9.17, 15) is 9.90 Å². The van der Waals surface area contributed by atoms with E-state index in [2.05, 4.69) is 5.10 Å². The Kier molecular flexibility index (Phi) is 4.44. The summed E-state index contributed by atoms with van der Waals surface area (Å²) in [5.74, 6) is 0. The topological polar surface area (TPSA) is 67.6 Å². The van der Waals surface area contributed by atoms with Crippen molar-refractivity contribution in [3.63, 3.8) is 0 Å². The number of amides is 1. The molecule has 2 aliphatic rings. The molecule has 2 saturated heterocycles. The SMILES string of the molecule is Cn1ccc(C2(O)CC3CCCC(C2)N3C(=O)OCc2ccccc2)n1. The fourth-order valence-corrected chi connectivity index (χ4v) is 4.39. The van der Waals surface area contributed by atoms with Crippen LogP contribution in [0.1, 0.15) is 43.4 Å². The number of piperidine rings is 2. The Morgan fingerprint density at radius 2 is 1.92 bits per heavy atom. The highest BCUT2D eigenvalue weighted by Gasteiger charge is 2.49. The lowest BCUT2D eigenvalue weighted by atomic mass is 9.74. The van der Waals surface area contributed by atoms with Crippen molar-refractivity contribution in [2.75, 3.05) is 0 Å². The normalized spacial score (nSPS) is 28.0. The van der Waals surface area contributed by atoms with Crippen LogP contribution in [0.2, 0.25) is 0 Å². The molecule has 4 rings (SSSR count). The second-order valence-corrected chi connectivity index (χ2v) is 7.50. The molecule has 6 nitrogen and oxygen atoms in total. The van der Waals surface area contributed by atoms with Gasteiger partial charge < -0.3 is 14.7 Å². The molecule has 2 atom stereocenters. The largest absolute Gasteiger partial charge is 0.445 e. The zero-order valence-corrected chi connectivity index (χ0v) is 15.0. The highest BCUT2D eigenvalue weighted by Crippen LogP contribution is 2.44. The van der Waals surface area contributed by atoms with Gasteiger partial charge in [0.2, 0.25) is 0 Å². The Morgan fingerprint density at radius 3 is 2.54 bits per heavy atom. The molecular weight excluding hydrogens is 330 g/mol. The third-order valence-corrected chi connectivity index (χ3v) is 5.61. The van der Waals surface area contributed by atoms with Gasteiger partial charge in [-0.15, -0.1) is 0 Å². The maximum absolute atomic E-state index is 12.7. The third-order valence-electron chi connectivity index (χ3n) is 5.61. The minimum atomic E-state index is -0.965. The smallest absolute Gasteiger partial charge is 0.410 e. The highest BCUT2D eigenvalue weighted by molar-refractivity contribution is 5.69. The average molecular weight is 355 g/mol. The van der Waals surface area contributed by atoms with Crippen LogP contribution in [0.4, 0.5) is 4.79 Å². The monoisotopic (exact) mass is 355 g/mol. The number of carbonyl (C=O) groups is 1. The van der Waals surface area contributed by atoms with Crippen LogP contribution in [0, 0.1) is 0 Å². The first kappa shape index (κ1) is 17.1. The van der Waals surface area contributed by atoms with Crippen LogP contribution in [-0.2, 0) is 24.0 Å². The fourth-order valence-electron chi connectivity index (χ4n) is 4.39. The van der Waals surface area contributed by atoms with Gasteiger partial charge in [0.25, 0.3) is 0 Å². The number of nitrogens with zero attached hydrogens (tertiary/aromatic N) is 3. The first-order chi connectivity index (χ1) is 12.5. The quantitative estimate of drug-likeness (QED) is 0.919. The number of ether oxygens (including phenoxy) is 1. The van der Waals surface area contributed by atoms with Gasteiger partial charge in [-0.1, -0.05) is 30.3 Å². The molecule has 2 aliphatic heterocycles. The van der Waals surface area contributed by atoms with Crippen LogP contribution in [0.25, 0.3) is 0 Å². The predicted molar refractivity (Wildman–Crippen MR) is 96.2 cm³/mol. The van der Waals surface area contributed by atoms with Gasteiger partial charge >= 0.3 is 6.09 Å². The molecule has 2 aromatic rings. The second-order valence-electron chi connectivity index (χ2n) is 7.50. The number of rotatable bonds is 3. The number of aliphatic hydroxyl groups is 1. The molecule has 2 unspecified atom stereocenters. The molecular formula is C20H25N3O3. The molecule has 0 saturated carbocycles. The summed E-state index contributed by atoms with van der Waals surface area (Å²) < 4.78 is 7.28. The van der Waals surface area contributed by atoms with E-state index in [0.29, 0.717) is 18.5 Å². The lowest BCUT2D eigenvalue weighted by Crippen LogP contribution is -2.59. The molecule has 26 heavy (non-hydrogen) atoms. The summed E-state index contributed by atoms with van der Waals surface area (Å²) in [6.07, 6.45) is 5.48. The summed E-state index contributed by atoms with van der Waals surface area (Å²) in [6, 6.07) is 11.6. The van der Waals surface area contributed by atoms with Crippen LogP contribution >= 0.6 is 0 Å². The number of fused-ring (bicyclic) bond motifs is 2. The van der Waals surface area contributed by atoms with E-state index < -0.39 is 5.60 Å². The van der Waals surface area contributed by atoms with Crippen LogP contribution in [0.5, 0.6) is 0 Å². The van der Waals surface area contributed by atoms with Crippen molar-refractivity contribution >= 4 is 6.09 Å². The number of hydrogen-bond acceptors (Lipinski definition) is 4. The van der Waals surface area contributed by atoms with Gasteiger partial charge in [-0.05, 0) is 30.9 Å². The molecule has 138 valence electrons. The van der Waals surface area contributed by atoms with Crippen LogP contribution in [-0.4, -0.2) is 38.0 Å². The number of aromatic nitrogens is 2. The minimum Gasteiger partial charge on any atom is -0.445 e. The van der Waals surface area contributed by atoms with Crippen LogP contribution < -0.4 is 0 Å². The van der Waals surface area contributed by atoms with Gasteiger partial charge in [-0.3, -0.25) is 4.68 Å². The second kappa shape index (κ2) is 6.76. The molecule has 2 fully saturated rings. The molecule has 6 heteroatoms. The van der Waals surface area contributed by atoms with Gasteiger partial charge in [0.05, 0.1) is 5.69 Å². The van der Waals surface area contributed by atoms with Gasteiger partial charge in [0.1, 0.15) is 12.2 Å². The van der Waals surface area contributed by atoms with E-state index in [1.165, 1.54) is 0 Å². The Hall–Kier alpha value is -2.34. The number of benzene rings is 1. The fraction of sp³-hybridized carbons (Fsp3) is 0.500. The average Bonchev–Trinajstić information content (AvgIpc) is 3.07. The molecule has 1 aromatic heterocycles. The van der Waals surface area contributed by atoms with Gasteiger partial charge in [-0.2, -0.15) is 5.10 Å². The zero-order chi connectivity index (χ0) is 18.1. The summed E-state index contributed by atoms with van der Waals surface area (Å²) in [5.41, 5.74) is 0.718. The Labute approximate surface area is 153 Å². The van der Waals surface area contributed by atoms with E-state index in [0.717, 1.165) is 24.8 Å². The lowest BCUT2D eigenvalue weighted by Gasteiger charge is -2.50. The summed E-state index contributed by atoms with van der Waals surface area (Å²) in [4.78, 5) is 14.6. The first-order valence-electron chi connectivity index (χ1n) is 9.27. The Morgan fingerprint density at radius 1 is 1.23 bits per heavy atom. The van der Waals surface area contributed by atoms with Crippen molar-refractivity contribution < 1.29 is 14.6 Å². The molecule has 1 amide bonds. The van der Waals surface area contributed by atoms with Gasteiger partial charge in [0.15, 0.2) is 0 Å². The minimum absolute atomic E-state index is 0.00206. The Balaban J connectivity index is 1.47. The predicted octanol–water partition coefficient (Wildman–Crippen LogP) is 2.96. The molecule has 0 aliphatic carbocycles. The van der Waals surface area contributed by atoms with E-state index in [-0.39, 0.29) is 24.8 Å². The lowest BCUT2D eigenvalue weighted by molar-refractivity contribution is -0.0920. The molecule has 0 spiro atoms. The number of aryl methyl sites for hydroxylation is 1. The zero-order valence-electron chi connectivity index (χ0n) is 15.0. The summed E-state index contributed by atoms with van der Waals surface area (Å²) in [5, 5.41) is 15.6. The van der Waals surface area contributed by atoms with Gasteiger partial charge in [0, 0.05) is 38.2 Å². The van der Waals surface area contributed by atoms with Crippen molar-refractivity contribution in [3.05, 3.63) is 53.9 Å². The van der Waals surface area contributed by atoms with Crippen LogP contribution in [0.15, 0.2) is 42.6 Å². The number of carbonyl (C=O) groups excluding carboxylic acids is 1. The molecule has 0 radical (unpaired) electrons. The van der Waals surface area contributed by atoms with Crippen LogP contribution in [0.3, 0.4) is 0 Å². The van der Waals surface area contributed by atoms with E-state index in [1.54, 1.807) is 4.68 Å². The molecule has 1 aromatic carbocycles. The Bertz CT molecular complexity index is 760. The van der Waals surface area contributed by atoms with Crippen molar-refractivity contribution in [1.82, 2.24) is 14.7 Å². The highest BCUT2D eigenvalue weighted by atomic mass is 16.6.